The molecule has 0 saturated heterocycles. The Kier molecular flexibility index (Phi) is 3.15. The summed E-state index contributed by atoms with van der Waals surface area (Å²) in [4.78, 5) is 6.69. The van der Waals surface area contributed by atoms with Crippen LogP contribution in [0.2, 0.25) is 0 Å². The fraction of sp³-hybridized carbons (Fsp3) is 0.438. The first-order valence-electron chi connectivity index (χ1n) is 7.40. The van der Waals surface area contributed by atoms with Gasteiger partial charge in [-0.05, 0) is 53.4 Å². The van der Waals surface area contributed by atoms with Crippen molar-refractivity contribution in [1.82, 2.24) is 14.5 Å². The molecule has 5 heteroatoms. The molecule has 0 atom stereocenters. The number of hydrogen-bond donors (Lipinski definition) is 0. The highest BCUT2D eigenvalue weighted by Gasteiger charge is 2.47. The van der Waals surface area contributed by atoms with Crippen molar-refractivity contribution < 1.29 is 4.39 Å². The molecular weight excluding hydrogens is 333 g/mol. The topological polar surface area (TPSA) is 21.1 Å². The van der Waals surface area contributed by atoms with E-state index in [0.29, 0.717) is 16.7 Å². The average molecular weight is 350 g/mol. The molecule has 110 valence electrons. The van der Waals surface area contributed by atoms with Gasteiger partial charge in [0.1, 0.15) is 5.82 Å². The lowest BCUT2D eigenvalue weighted by Crippen LogP contribution is -2.55. The molecule has 0 radical (unpaired) electrons. The molecule has 1 saturated carbocycles. The molecule has 0 amide bonds. The molecule has 2 aromatic heterocycles. The first-order chi connectivity index (χ1) is 10.2. The van der Waals surface area contributed by atoms with Gasteiger partial charge >= 0.3 is 0 Å². The van der Waals surface area contributed by atoms with Crippen LogP contribution in [0.25, 0.3) is 0 Å². The van der Waals surface area contributed by atoms with E-state index in [1.807, 2.05) is 0 Å². The molecule has 1 aliphatic heterocycles. The van der Waals surface area contributed by atoms with Gasteiger partial charge in [0.25, 0.3) is 0 Å². The Morgan fingerprint density at radius 1 is 1.33 bits per heavy atom. The van der Waals surface area contributed by atoms with E-state index >= 15 is 0 Å². The average Bonchev–Trinajstić information content (AvgIpc) is 2.88. The SMILES string of the molecule is Fc1cc(Br)cnc1CN1CCn2cccc2C12CCC2. The third-order valence-corrected chi connectivity index (χ3v) is 5.36. The van der Waals surface area contributed by atoms with Crippen LogP contribution in [0.15, 0.2) is 35.1 Å². The second-order valence-electron chi connectivity index (χ2n) is 5.98. The van der Waals surface area contributed by atoms with Crippen molar-refractivity contribution in [2.75, 3.05) is 6.54 Å². The number of nitrogens with zero attached hydrogens (tertiary/aromatic N) is 3. The van der Waals surface area contributed by atoms with E-state index in [2.05, 4.69) is 48.7 Å². The maximum atomic E-state index is 14.1. The summed E-state index contributed by atoms with van der Waals surface area (Å²) in [6.45, 7) is 2.52. The van der Waals surface area contributed by atoms with Crippen LogP contribution < -0.4 is 0 Å². The first-order valence-corrected chi connectivity index (χ1v) is 8.19. The minimum absolute atomic E-state index is 0.100. The van der Waals surface area contributed by atoms with E-state index < -0.39 is 0 Å². The summed E-state index contributed by atoms with van der Waals surface area (Å²) in [5, 5.41) is 0. The second kappa shape index (κ2) is 4.92. The molecule has 1 fully saturated rings. The molecule has 0 aromatic carbocycles. The smallest absolute Gasteiger partial charge is 0.147 e. The lowest BCUT2D eigenvalue weighted by molar-refractivity contribution is -0.0228. The Balaban J connectivity index is 1.66. The summed E-state index contributed by atoms with van der Waals surface area (Å²) in [5.74, 6) is -0.222. The Morgan fingerprint density at radius 2 is 2.19 bits per heavy atom. The van der Waals surface area contributed by atoms with E-state index in [9.17, 15) is 4.39 Å². The molecular formula is C16H17BrFN3. The molecule has 3 heterocycles. The Morgan fingerprint density at radius 3 is 2.90 bits per heavy atom. The molecule has 1 spiro atoms. The zero-order valence-electron chi connectivity index (χ0n) is 11.7. The molecule has 0 unspecified atom stereocenters. The minimum atomic E-state index is -0.222. The third kappa shape index (κ3) is 2.06. The largest absolute Gasteiger partial charge is 0.348 e. The highest BCUT2D eigenvalue weighted by molar-refractivity contribution is 9.10. The summed E-state index contributed by atoms with van der Waals surface area (Å²) in [6.07, 6.45) is 7.41. The number of aromatic nitrogens is 2. The van der Waals surface area contributed by atoms with Crippen LogP contribution in [0.3, 0.4) is 0 Å². The van der Waals surface area contributed by atoms with Gasteiger partial charge in [0.05, 0.1) is 11.2 Å². The maximum absolute atomic E-state index is 14.1. The number of rotatable bonds is 2. The minimum Gasteiger partial charge on any atom is -0.348 e. The zero-order chi connectivity index (χ0) is 14.4. The van der Waals surface area contributed by atoms with Crippen molar-refractivity contribution in [3.63, 3.8) is 0 Å². The van der Waals surface area contributed by atoms with Crippen LogP contribution in [0.1, 0.15) is 30.7 Å². The lowest BCUT2D eigenvalue weighted by Gasteiger charge is -2.53. The van der Waals surface area contributed by atoms with Gasteiger partial charge in [-0.3, -0.25) is 9.88 Å². The van der Waals surface area contributed by atoms with Crippen molar-refractivity contribution in [3.05, 3.63) is 52.3 Å². The van der Waals surface area contributed by atoms with Crippen LogP contribution >= 0.6 is 15.9 Å². The monoisotopic (exact) mass is 349 g/mol. The number of pyridine rings is 1. The number of halogens is 2. The fourth-order valence-electron chi connectivity index (χ4n) is 3.69. The highest BCUT2D eigenvalue weighted by atomic mass is 79.9. The van der Waals surface area contributed by atoms with Gasteiger partial charge in [-0.2, -0.15) is 0 Å². The summed E-state index contributed by atoms with van der Waals surface area (Å²) >= 11 is 3.27. The predicted molar refractivity (Wildman–Crippen MR) is 82.3 cm³/mol. The van der Waals surface area contributed by atoms with Crippen molar-refractivity contribution >= 4 is 15.9 Å². The van der Waals surface area contributed by atoms with Crippen molar-refractivity contribution in [3.8, 4) is 0 Å². The van der Waals surface area contributed by atoms with Gasteiger partial charge in [-0.25, -0.2) is 4.39 Å². The van der Waals surface area contributed by atoms with Crippen LogP contribution in [0, 0.1) is 5.82 Å². The van der Waals surface area contributed by atoms with Crippen molar-refractivity contribution in [1.29, 1.82) is 0 Å². The van der Waals surface area contributed by atoms with Gasteiger partial charge in [0, 0.05) is 42.2 Å². The zero-order valence-corrected chi connectivity index (χ0v) is 13.3. The van der Waals surface area contributed by atoms with Crippen molar-refractivity contribution in [2.45, 2.75) is 37.9 Å². The van der Waals surface area contributed by atoms with E-state index in [1.165, 1.54) is 18.2 Å². The van der Waals surface area contributed by atoms with Crippen LogP contribution in [-0.2, 0) is 18.6 Å². The summed E-state index contributed by atoms with van der Waals surface area (Å²) in [7, 11) is 0. The molecule has 0 N–H and O–H groups in total. The van der Waals surface area contributed by atoms with E-state index in [4.69, 9.17) is 0 Å². The fourth-order valence-corrected chi connectivity index (χ4v) is 3.99. The summed E-state index contributed by atoms with van der Waals surface area (Å²) in [5.41, 5.74) is 2.03. The lowest BCUT2D eigenvalue weighted by atomic mass is 9.72. The van der Waals surface area contributed by atoms with Crippen LogP contribution in [0.4, 0.5) is 4.39 Å². The number of hydrogen-bond acceptors (Lipinski definition) is 2. The van der Waals surface area contributed by atoms with Gasteiger partial charge in [0.15, 0.2) is 0 Å². The quantitative estimate of drug-likeness (QED) is 0.824. The number of fused-ring (bicyclic) bond motifs is 2. The molecule has 2 aliphatic rings. The standard InChI is InChI=1S/C16H17BrFN3/c17-12-9-13(18)14(19-10-12)11-21-8-7-20-6-1-3-15(20)16(21)4-2-5-16/h1,3,6,9-10H,2,4-5,7-8,11H2. The summed E-state index contributed by atoms with van der Waals surface area (Å²) in [6, 6.07) is 5.84. The Hall–Kier alpha value is -1.20. The predicted octanol–water partition coefficient (Wildman–Crippen LogP) is 3.68. The normalized spacial score (nSPS) is 20.3. The molecule has 21 heavy (non-hydrogen) atoms. The third-order valence-electron chi connectivity index (χ3n) is 4.93. The van der Waals surface area contributed by atoms with Crippen molar-refractivity contribution in [2.24, 2.45) is 0 Å². The Labute approximate surface area is 131 Å². The van der Waals surface area contributed by atoms with Gasteiger partial charge in [-0.1, -0.05) is 0 Å². The van der Waals surface area contributed by atoms with Crippen LogP contribution in [-0.4, -0.2) is 21.0 Å². The van der Waals surface area contributed by atoms with Gasteiger partial charge in [-0.15, -0.1) is 0 Å². The molecule has 0 bridgehead atoms. The maximum Gasteiger partial charge on any atom is 0.147 e. The molecule has 2 aromatic rings. The highest BCUT2D eigenvalue weighted by Crippen LogP contribution is 2.48. The Bertz CT molecular complexity index is 678. The van der Waals surface area contributed by atoms with E-state index in [-0.39, 0.29) is 11.4 Å². The van der Waals surface area contributed by atoms with Crippen LogP contribution in [0.5, 0.6) is 0 Å². The van der Waals surface area contributed by atoms with E-state index in [1.54, 1.807) is 6.20 Å². The van der Waals surface area contributed by atoms with Gasteiger partial charge in [0.2, 0.25) is 0 Å². The van der Waals surface area contributed by atoms with Gasteiger partial charge < -0.3 is 4.57 Å². The second-order valence-corrected chi connectivity index (χ2v) is 6.89. The van der Waals surface area contributed by atoms with E-state index in [0.717, 1.165) is 25.9 Å². The summed E-state index contributed by atoms with van der Waals surface area (Å²) < 4.78 is 17.1. The molecule has 3 nitrogen and oxygen atoms in total. The molecule has 1 aliphatic carbocycles. The first kappa shape index (κ1) is 13.5. The molecule has 4 rings (SSSR count).